The third-order valence-electron chi connectivity index (χ3n) is 3.67. The zero-order valence-corrected chi connectivity index (χ0v) is 15.5. The summed E-state index contributed by atoms with van der Waals surface area (Å²) in [5.41, 5.74) is 0.140. The van der Waals surface area contributed by atoms with Crippen LogP contribution in [-0.4, -0.2) is 29.7 Å². The number of amides is 1. The quantitative estimate of drug-likeness (QED) is 0.434. The van der Waals surface area contributed by atoms with Gasteiger partial charge in [-0.25, -0.2) is 4.79 Å². The molecule has 1 amide bonds. The molecule has 0 aromatic heterocycles. The van der Waals surface area contributed by atoms with Gasteiger partial charge in [-0.05, 0) is 47.1 Å². The molecule has 10 heteroatoms. The minimum absolute atomic E-state index is 0.0346. The fourth-order valence-corrected chi connectivity index (χ4v) is 2.67. The van der Waals surface area contributed by atoms with Crippen LogP contribution in [0.2, 0.25) is 0 Å². The molecule has 1 aliphatic rings. The van der Waals surface area contributed by atoms with Crippen molar-refractivity contribution in [1.29, 1.82) is 0 Å². The van der Waals surface area contributed by atoms with Crippen molar-refractivity contribution in [1.82, 2.24) is 0 Å². The second-order valence-corrected chi connectivity index (χ2v) is 6.38. The number of rotatable bonds is 5. The van der Waals surface area contributed by atoms with Gasteiger partial charge in [0, 0.05) is 17.8 Å². The fourth-order valence-electron chi connectivity index (χ4n) is 2.28. The van der Waals surface area contributed by atoms with Gasteiger partial charge in [0.1, 0.15) is 0 Å². The van der Waals surface area contributed by atoms with Crippen LogP contribution in [-0.2, 0) is 9.53 Å². The summed E-state index contributed by atoms with van der Waals surface area (Å²) in [6.07, 6.45) is -1.12. The van der Waals surface area contributed by atoms with Gasteiger partial charge in [0.25, 0.3) is 11.6 Å². The van der Waals surface area contributed by atoms with Gasteiger partial charge in [-0.2, -0.15) is 0 Å². The molecule has 3 rings (SSSR count). The molecule has 0 spiro atoms. The molecule has 0 bridgehead atoms. The number of halogens is 1. The number of esters is 1. The van der Waals surface area contributed by atoms with E-state index >= 15 is 0 Å². The molecule has 2 aromatic rings. The van der Waals surface area contributed by atoms with Crippen molar-refractivity contribution in [2.24, 2.45) is 0 Å². The molecule has 1 heterocycles. The van der Waals surface area contributed by atoms with Gasteiger partial charge >= 0.3 is 5.97 Å². The molecular formula is C17H13BrN2O7. The van der Waals surface area contributed by atoms with Crippen LogP contribution in [0.3, 0.4) is 0 Å². The first-order valence-electron chi connectivity index (χ1n) is 7.70. The minimum Gasteiger partial charge on any atom is -0.454 e. The molecular weight excluding hydrogens is 424 g/mol. The number of carbonyl (C=O) groups is 2. The maximum Gasteiger partial charge on any atom is 0.339 e. The molecule has 0 radical (unpaired) electrons. The molecule has 0 fully saturated rings. The molecule has 9 nitrogen and oxygen atoms in total. The molecule has 140 valence electrons. The highest BCUT2D eigenvalue weighted by Crippen LogP contribution is 2.34. The van der Waals surface area contributed by atoms with E-state index in [0.29, 0.717) is 17.2 Å². The summed E-state index contributed by atoms with van der Waals surface area (Å²) in [5.74, 6) is -0.336. The molecule has 0 saturated heterocycles. The highest BCUT2D eigenvalue weighted by Gasteiger charge is 2.22. The minimum atomic E-state index is -1.12. The van der Waals surface area contributed by atoms with E-state index in [9.17, 15) is 19.7 Å². The van der Waals surface area contributed by atoms with E-state index in [1.54, 1.807) is 18.2 Å². The highest BCUT2D eigenvalue weighted by molar-refractivity contribution is 9.10. The summed E-state index contributed by atoms with van der Waals surface area (Å²) >= 11 is 3.04. The summed E-state index contributed by atoms with van der Waals surface area (Å²) < 4.78 is 15.7. The number of nitrogens with one attached hydrogen (secondary N) is 1. The molecule has 1 unspecified atom stereocenters. The topological polar surface area (TPSA) is 117 Å². The Morgan fingerprint density at radius 3 is 2.70 bits per heavy atom. The summed E-state index contributed by atoms with van der Waals surface area (Å²) in [6.45, 7) is 1.51. The Hall–Kier alpha value is -3.14. The third kappa shape index (κ3) is 4.17. The zero-order valence-electron chi connectivity index (χ0n) is 13.9. The van der Waals surface area contributed by atoms with Crippen molar-refractivity contribution < 1.29 is 28.7 Å². The Labute approximate surface area is 161 Å². The average molecular weight is 437 g/mol. The van der Waals surface area contributed by atoms with Crippen LogP contribution in [0.4, 0.5) is 11.4 Å². The summed E-state index contributed by atoms with van der Waals surface area (Å²) in [4.78, 5) is 34.7. The molecule has 1 atom stereocenters. The van der Waals surface area contributed by atoms with Gasteiger partial charge in [-0.15, -0.1) is 0 Å². The van der Waals surface area contributed by atoms with Gasteiger partial charge < -0.3 is 19.5 Å². The van der Waals surface area contributed by atoms with Gasteiger partial charge in [0.2, 0.25) is 6.79 Å². The Kier molecular flexibility index (Phi) is 5.26. The van der Waals surface area contributed by atoms with Gasteiger partial charge in [0.05, 0.1) is 15.0 Å². The molecule has 1 N–H and O–H groups in total. The maximum atomic E-state index is 12.2. The number of nitro groups is 1. The van der Waals surface area contributed by atoms with Crippen LogP contribution in [0.15, 0.2) is 40.9 Å². The number of carbonyl (C=O) groups excluding carboxylic acids is 2. The van der Waals surface area contributed by atoms with Crippen LogP contribution in [0.5, 0.6) is 11.5 Å². The number of nitro benzene ring substituents is 1. The summed E-state index contributed by atoms with van der Waals surface area (Å²) in [5, 5.41) is 13.6. The van der Waals surface area contributed by atoms with Crippen molar-refractivity contribution in [2.45, 2.75) is 13.0 Å². The lowest BCUT2D eigenvalue weighted by Crippen LogP contribution is -2.30. The average Bonchev–Trinajstić information content (AvgIpc) is 3.09. The fraction of sp³-hybridized carbons (Fsp3) is 0.176. The second-order valence-electron chi connectivity index (χ2n) is 5.53. The lowest BCUT2D eigenvalue weighted by atomic mass is 10.2. The van der Waals surface area contributed by atoms with Gasteiger partial charge in [-0.3, -0.25) is 14.9 Å². The van der Waals surface area contributed by atoms with Crippen molar-refractivity contribution >= 4 is 39.2 Å². The standard InChI is InChI=1S/C17H13BrN2O7/c1-9(16(21)19-11-3-5-14-15(7-11)26-8-25-14)27-17(22)10-2-4-12(18)13(6-10)20(23)24/h2-7,9H,8H2,1H3,(H,19,21). The van der Waals surface area contributed by atoms with E-state index in [1.165, 1.54) is 19.1 Å². The Morgan fingerprint density at radius 2 is 1.96 bits per heavy atom. The summed E-state index contributed by atoms with van der Waals surface area (Å²) in [7, 11) is 0. The molecule has 1 aliphatic heterocycles. The molecule has 27 heavy (non-hydrogen) atoms. The van der Waals surface area contributed by atoms with E-state index in [0.717, 1.165) is 6.07 Å². The number of nitrogens with zero attached hydrogens (tertiary/aromatic N) is 1. The van der Waals surface area contributed by atoms with Crippen LogP contribution in [0.1, 0.15) is 17.3 Å². The Bertz CT molecular complexity index is 931. The number of hydrogen-bond donors (Lipinski definition) is 1. The first kappa shape index (κ1) is 18.6. The molecule has 2 aromatic carbocycles. The van der Waals surface area contributed by atoms with Crippen LogP contribution in [0.25, 0.3) is 0 Å². The van der Waals surface area contributed by atoms with E-state index in [-0.39, 0.29) is 22.5 Å². The third-order valence-corrected chi connectivity index (χ3v) is 4.34. The van der Waals surface area contributed by atoms with Crippen molar-refractivity contribution in [3.63, 3.8) is 0 Å². The lowest BCUT2D eigenvalue weighted by molar-refractivity contribution is -0.385. The van der Waals surface area contributed by atoms with Gasteiger partial charge in [0.15, 0.2) is 17.6 Å². The van der Waals surface area contributed by atoms with Crippen molar-refractivity contribution in [3.05, 3.63) is 56.5 Å². The predicted molar refractivity (Wildman–Crippen MR) is 96.9 cm³/mol. The van der Waals surface area contributed by atoms with Crippen LogP contribution >= 0.6 is 15.9 Å². The Morgan fingerprint density at radius 1 is 1.22 bits per heavy atom. The van der Waals surface area contributed by atoms with Crippen LogP contribution in [0, 0.1) is 10.1 Å². The largest absolute Gasteiger partial charge is 0.454 e. The second kappa shape index (κ2) is 7.62. The Balaban J connectivity index is 1.65. The first-order valence-corrected chi connectivity index (χ1v) is 8.50. The highest BCUT2D eigenvalue weighted by atomic mass is 79.9. The predicted octanol–water partition coefficient (Wildman–Crippen LogP) is 3.27. The van der Waals surface area contributed by atoms with Crippen molar-refractivity contribution in [2.75, 3.05) is 12.1 Å². The molecule has 0 aliphatic carbocycles. The monoisotopic (exact) mass is 436 g/mol. The zero-order chi connectivity index (χ0) is 19.6. The SMILES string of the molecule is CC(OC(=O)c1ccc(Br)c([N+](=O)[O-])c1)C(=O)Nc1ccc2c(c1)OCO2. The lowest BCUT2D eigenvalue weighted by Gasteiger charge is -2.14. The van der Waals surface area contributed by atoms with Crippen molar-refractivity contribution in [3.8, 4) is 11.5 Å². The smallest absolute Gasteiger partial charge is 0.339 e. The number of fused-ring (bicyclic) bond motifs is 1. The first-order chi connectivity index (χ1) is 12.8. The van der Waals surface area contributed by atoms with Crippen LogP contribution < -0.4 is 14.8 Å². The van der Waals surface area contributed by atoms with E-state index in [4.69, 9.17) is 14.2 Å². The maximum absolute atomic E-state index is 12.2. The number of ether oxygens (including phenoxy) is 3. The molecule has 0 saturated carbocycles. The number of anilines is 1. The number of hydrogen-bond acceptors (Lipinski definition) is 7. The van der Waals surface area contributed by atoms with E-state index in [2.05, 4.69) is 21.2 Å². The van der Waals surface area contributed by atoms with Gasteiger partial charge in [-0.1, -0.05) is 0 Å². The summed E-state index contributed by atoms with van der Waals surface area (Å²) in [6, 6.07) is 8.67. The number of benzene rings is 2. The van der Waals surface area contributed by atoms with E-state index < -0.39 is 22.9 Å². The van der Waals surface area contributed by atoms with E-state index in [1.807, 2.05) is 0 Å². The normalized spacial score (nSPS) is 13.0.